The van der Waals surface area contributed by atoms with Crippen molar-refractivity contribution in [1.29, 1.82) is 0 Å². The summed E-state index contributed by atoms with van der Waals surface area (Å²) in [5, 5.41) is 11.6. The predicted octanol–water partition coefficient (Wildman–Crippen LogP) is 1.71. The lowest BCUT2D eigenvalue weighted by Crippen LogP contribution is -2.44. The Bertz CT molecular complexity index is 618. The summed E-state index contributed by atoms with van der Waals surface area (Å²) in [6.45, 7) is 3.50. The predicted molar refractivity (Wildman–Crippen MR) is 77.3 cm³/mol. The highest BCUT2D eigenvalue weighted by molar-refractivity contribution is 5.96. The van der Waals surface area contributed by atoms with Crippen LogP contribution in [-0.4, -0.2) is 32.6 Å². The average Bonchev–Trinajstić information content (AvgIpc) is 2.98. The van der Waals surface area contributed by atoms with Gasteiger partial charge in [-0.15, -0.1) is 0 Å². The summed E-state index contributed by atoms with van der Waals surface area (Å²) < 4.78 is 1.82. The van der Waals surface area contributed by atoms with Crippen molar-refractivity contribution in [2.24, 2.45) is 5.92 Å². The molecule has 110 valence electrons. The summed E-state index contributed by atoms with van der Waals surface area (Å²) in [6, 6.07) is 5.97. The van der Waals surface area contributed by atoms with Crippen LogP contribution in [0.4, 0.5) is 0 Å². The largest absolute Gasteiger partial charge is 0.480 e. The van der Waals surface area contributed by atoms with Crippen molar-refractivity contribution in [3.8, 4) is 5.69 Å². The molecule has 0 fully saturated rings. The monoisotopic (exact) mass is 287 g/mol. The fourth-order valence-corrected chi connectivity index (χ4v) is 1.93. The Morgan fingerprint density at radius 3 is 2.38 bits per heavy atom. The van der Waals surface area contributed by atoms with E-state index >= 15 is 0 Å². The number of carboxylic acids is 1. The SMILES string of the molecule is CC(C)[C@@H](NC(=O)c1ccc(-n2ccnc2)cc1)C(=O)O. The molecular formula is C15H17N3O3. The molecule has 6 nitrogen and oxygen atoms in total. The van der Waals surface area contributed by atoms with Gasteiger partial charge in [-0.05, 0) is 30.2 Å². The number of aromatic nitrogens is 2. The maximum absolute atomic E-state index is 12.1. The van der Waals surface area contributed by atoms with Crippen molar-refractivity contribution in [2.45, 2.75) is 19.9 Å². The molecule has 6 heteroatoms. The quantitative estimate of drug-likeness (QED) is 0.876. The standard InChI is InChI=1S/C15H17N3O3/c1-10(2)13(15(20)21)17-14(19)11-3-5-12(6-4-11)18-8-7-16-9-18/h3-10,13H,1-2H3,(H,17,19)(H,20,21)/t13-/m1/s1. The van der Waals surface area contributed by atoms with Crippen molar-refractivity contribution in [1.82, 2.24) is 14.9 Å². The average molecular weight is 287 g/mol. The van der Waals surface area contributed by atoms with E-state index in [0.29, 0.717) is 5.56 Å². The number of carbonyl (C=O) groups excluding carboxylic acids is 1. The van der Waals surface area contributed by atoms with Crippen molar-refractivity contribution in [3.63, 3.8) is 0 Å². The second-order valence-corrected chi connectivity index (χ2v) is 5.05. The first-order valence-electron chi connectivity index (χ1n) is 6.61. The molecule has 0 spiro atoms. The zero-order valence-electron chi connectivity index (χ0n) is 11.9. The summed E-state index contributed by atoms with van der Waals surface area (Å²) in [4.78, 5) is 27.1. The minimum absolute atomic E-state index is 0.184. The van der Waals surface area contributed by atoms with E-state index in [1.165, 1.54) is 0 Å². The molecule has 2 aromatic rings. The zero-order valence-corrected chi connectivity index (χ0v) is 11.9. The van der Waals surface area contributed by atoms with Crippen LogP contribution in [0.25, 0.3) is 5.69 Å². The van der Waals surface area contributed by atoms with Crippen molar-refractivity contribution in [3.05, 3.63) is 48.5 Å². The van der Waals surface area contributed by atoms with E-state index in [2.05, 4.69) is 10.3 Å². The smallest absolute Gasteiger partial charge is 0.326 e. The molecule has 1 aromatic carbocycles. The number of hydrogen-bond acceptors (Lipinski definition) is 3. The lowest BCUT2D eigenvalue weighted by atomic mass is 10.0. The van der Waals surface area contributed by atoms with Gasteiger partial charge in [-0.2, -0.15) is 0 Å². The minimum Gasteiger partial charge on any atom is -0.480 e. The summed E-state index contributed by atoms with van der Waals surface area (Å²) >= 11 is 0. The van der Waals surface area contributed by atoms with Gasteiger partial charge in [-0.25, -0.2) is 9.78 Å². The van der Waals surface area contributed by atoms with Crippen LogP contribution in [0, 0.1) is 5.92 Å². The van der Waals surface area contributed by atoms with Crippen molar-refractivity contribution < 1.29 is 14.7 Å². The highest BCUT2D eigenvalue weighted by Gasteiger charge is 2.23. The van der Waals surface area contributed by atoms with Crippen LogP contribution < -0.4 is 5.32 Å². The van der Waals surface area contributed by atoms with Crippen LogP contribution in [-0.2, 0) is 4.79 Å². The number of amides is 1. The van der Waals surface area contributed by atoms with Gasteiger partial charge in [0.2, 0.25) is 0 Å². The second-order valence-electron chi connectivity index (χ2n) is 5.05. The van der Waals surface area contributed by atoms with Gasteiger partial charge in [0.1, 0.15) is 6.04 Å². The van der Waals surface area contributed by atoms with Crippen LogP contribution in [0.1, 0.15) is 24.2 Å². The van der Waals surface area contributed by atoms with Crippen LogP contribution in [0.15, 0.2) is 43.0 Å². The molecule has 2 rings (SSSR count). The number of aliphatic carboxylic acids is 1. The first kappa shape index (κ1) is 14.8. The zero-order chi connectivity index (χ0) is 15.4. The summed E-state index contributed by atoms with van der Waals surface area (Å²) in [5.41, 5.74) is 1.30. The number of benzene rings is 1. The van der Waals surface area contributed by atoms with Gasteiger partial charge in [0.15, 0.2) is 0 Å². The first-order chi connectivity index (χ1) is 9.99. The molecule has 0 aliphatic rings. The number of carboxylic acid groups (broad SMARTS) is 1. The van der Waals surface area contributed by atoms with E-state index in [1.54, 1.807) is 56.8 Å². The third kappa shape index (κ3) is 3.47. The Labute approximate surface area is 122 Å². The van der Waals surface area contributed by atoms with E-state index in [-0.39, 0.29) is 5.92 Å². The van der Waals surface area contributed by atoms with Crippen molar-refractivity contribution >= 4 is 11.9 Å². The summed E-state index contributed by atoms with van der Waals surface area (Å²) in [5.74, 6) is -1.61. The van der Waals surface area contributed by atoms with Gasteiger partial charge in [0.05, 0.1) is 6.33 Å². The molecule has 1 heterocycles. The molecule has 0 aliphatic carbocycles. The molecule has 2 N–H and O–H groups in total. The molecule has 1 amide bonds. The van der Waals surface area contributed by atoms with E-state index in [9.17, 15) is 9.59 Å². The number of imidazole rings is 1. The summed E-state index contributed by atoms with van der Waals surface area (Å²) in [7, 11) is 0. The van der Waals surface area contributed by atoms with Crippen LogP contribution in [0.3, 0.4) is 0 Å². The minimum atomic E-state index is -1.03. The fraction of sp³-hybridized carbons (Fsp3) is 0.267. The van der Waals surface area contributed by atoms with E-state index in [1.807, 2.05) is 4.57 Å². The Balaban J connectivity index is 2.11. The Kier molecular flexibility index (Phi) is 4.37. The maximum Gasteiger partial charge on any atom is 0.326 e. The molecule has 0 bridgehead atoms. The molecular weight excluding hydrogens is 270 g/mol. The van der Waals surface area contributed by atoms with Gasteiger partial charge < -0.3 is 15.0 Å². The second kappa shape index (κ2) is 6.21. The van der Waals surface area contributed by atoms with Gasteiger partial charge >= 0.3 is 5.97 Å². The molecule has 0 aliphatic heterocycles. The molecule has 21 heavy (non-hydrogen) atoms. The fourth-order valence-electron chi connectivity index (χ4n) is 1.93. The number of carbonyl (C=O) groups is 2. The highest BCUT2D eigenvalue weighted by Crippen LogP contribution is 2.10. The van der Waals surface area contributed by atoms with E-state index in [4.69, 9.17) is 5.11 Å². The molecule has 1 aromatic heterocycles. The van der Waals surface area contributed by atoms with Crippen molar-refractivity contribution in [2.75, 3.05) is 0 Å². The van der Waals surface area contributed by atoms with E-state index < -0.39 is 17.9 Å². The maximum atomic E-state index is 12.1. The Hall–Kier alpha value is -2.63. The van der Waals surface area contributed by atoms with Gasteiger partial charge in [0, 0.05) is 23.6 Å². The van der Waals surface area contributed by atoms with Gasteiger partial charge in [0.25, 0.3) is 5.91 Å². The lowest BCUT2D eigenvalue weighted by molar-refractivity contribution is -0.140. The number of rotatable bonds is 5. The number of hydrogen-bond donors (Lipinski definition) is 2. The molecule has 0 saturated heterocycles. The van der Waals surface area contributed by atoms with Gasteiger partial charge in [-0.3, -0.25) is 4.79 Å². The third-order valence-electron chi connectivity index (χ3n) is 3.15. The normalized spacial score (nSPS) is 12.1. The van der Waals surface area contributed by atoms with Crippen LogP contribution in [0.5, 0.6) is 0 Å². The molecule has 0 saturated carbocycles. The van der Waals surface area contributed by atoms with E-state index in [0.717, 1.165) is 5.69 Å². The molecule has 0 radical (unpaired) electrons. The van der Waals surface area contributed by atoms with Crippen LogP contribution in [0.2, 0.25) is 0 Å². The topological polar surface area (TPSA) is 84.2 Å². The number of nitrogens with zero attached hydrogens (tertiary/aromatic N) is 2. The first-order valence-corrected chi connectivity index (χ1v) is 6.61. The molecule has 0 unspecified atom stereocenters. The lowest BCUT2D eigenvalue weighted by Gasteiger charge is -2.17. The highest BCUT2D eigenvalue weighted by atomic mass is 16.4. The Morgan fingerprint density at radius 1 is 1.24 bits per heavy atom. The number of nitrogens with one attached hydrogen (secondary N) is 1. The third-order valence-corrected chi connectivity index (χ3v) is 3.15. The molecule has 1 atom stereocenters. The van der Waals surface area contributed by atoms with Gasteiger partial charge in [-0.1, -0.05) is 13.8 Å². The Morgan fingerprint density at radius 2 is 1.90 bits per heavy atom. The summed E-state index contributed by atoms with van der Waals surface area (Å²) in [6.07, 6.45) is 5.13. The van der Waals surface area contributed by atoms with Crippen LogP contribution >= 0.6 is 0 Å².